The number of carbonyl (C=O) groups excluding carboxylic acids is 2. The number of benzene rings is 1. The Bertz CT molecular complexity index is 790. The summed E-state index contributed by atoms with van der Waals surface area (Å²) >= 11 is 0. The molecule has 0 saturated carbocycles. The first kappa shape index (κ1) is 18.7. The molecule has 1 aromatic carbocycles. The molecule has 9 nitrogen and oxygen atoms in total. The molecule has 0 unspecified atom stereocenters. The first-order valence-corrected chi connectivity index (χ1v) is 9.00. The van der Waals surface area contributed by atoms with Crippen LogP contribution < -0.4 is 20.7 Å². The maximum absolute atomic E-state index is 12.0. The highest BCUT2D eigenvalue weighted by Gasteiger charge is 2.23. The van der Waals surface area contributed by atoms with Gasteiger partial charge in [0.2, 0.25) is 5.91 Å². The van der Waals surface area contributed by atoms with Crippen LogP contribution in [-0.2, 0) is 19.4 Å². The van der Waals surface area contributed by atoms with Crippen molar-refractivity contribution >= 4 is 33.2 Å². The molecular formula is C15H19N3O6S. The zero-order valence-electron chi connectivity index (χ0n) is 13.7. The molecule has 1 aliphatic rings. The molecule has 0 bridgehead atoms. The number of hydrogen-bond donors (Lipinski definition) is 3. The van der Waals surface area contributed by atoms with Crippen molar-refractivity contribution in [1.29, 1.82) is 0 Å². The van der Waals surface area contributed by atoms with Crippen molar-refractivity contribution in [2.45, 2.75) is 6.04 Å². The number of methoxy groups -OCH3 is 2. The van der Waals surface area contributed by atoms with E-state index in [1.165, 1.54) is 26.4 Å². The number of rotatable bonds is 6. The number of ether oxygens (including phenoxy) is 2. The lowest BCUT2D eigenvalue weighted by atomic mass is 10.2. The van der Waals surface area contributed by atoms with E-state index in [1.54, 1.807) is 12.1 Å². The van der Waals surface area contributed by atoms with Crippen LogP contribution in [0.5, 0.6) is 5.75 Å². The van der Waals surface area contributed by atoms with Crippen molar-refractivity contribution in [3.63, 3.8) is 0 Å². The van der Waals surface area contributed by atoms with E-state index in [2.05, 4.69) is 16.0 Å². The smallest absolute Gasteiger partial charge is 0.319 e. The summed E-state index contributed by atoms with van der Waals surface area (Å²) in [5, 5.41) is 8.80. The number of anilines is 2. The number of amides is 3. The van der Waals surface area contributed by atoms with E-state index in [0.717, 1.165) is 5.41 Å². The molecular weight excluding hydrogens is 350 g/mol. The molecule has 1 aliphatic heterocycles. The lowest BCUT2D eigenvalue weighted by molar-refractivity contribution is -0.119. The van der Waals surface area contributed by atoms with Crippen LogP contribution in [0.2, 0.25) is 0 Å². The maximum Gasteiger partial charge on any atom is 0.319 e. The van der Waals surface area contributed by atoms with E-state index in [9.17, 15) is 18.0 Å². The average molecular weight is 369 g/mol. The van der Waals surface area contributed by atoms with Crippen LogP contribution in [0, 0.1) is 0 Å². The van der Waals surface area contributed by atoms with Crippen LogP contribution in [0.3, 0.4) is 0 Å². The minimum Gasteiger partial charge on any atom is -0.495 e. The zero-order valence-corrected chi connectivity index (χ0v) is 14.6. The van der Waals surface area contributed by atoms with Gasteiger partial charge in [-0.05, 0) is 24.3 Å². The topological polar surface area (TPSA) is 123 Å². The van der Waals surface area contributed by atoms with E-state index in [1.807, 2.05) is 0 Å². The van der Waals surface area contributed by atoms with E-state index < -0.39 is 21.9 Å². The predicted molar refractivity (Wildman–Crippen MR) is 92.4 cm³/mol. The van der Waals surface area contributed by atoms with Crippen molar-refractivity contribution in [3.05, 3.63) is 29.7 Å². The third-order valence-electron chi connectivity index (χ3n) is 3.25. The van der Waals surface area contributed by atoms with E-state index in [-0.39, 0.29) is 18.3 Å². The molecule has 0 saturated heterocycles. The van der Waals surface area contributed by atoms with Gasteiger partial charge in [0.25, 0.3) is 0 Å². The third-order valence-corrected chi connectivity index (χ3v) is 4.65. The number of carbonyl (C=O) groups is 2. The Balaban J connectivity index is 2.03. The highest BCUT2D eigenvalue weighted by Crippen LogP contribution is 2.27. The van der Waals surface area contributed by atoms with Gasteiger partial charge in [-0.3, -0.25) is 4.79 Å². The second-order valence-corrected chi connectivity index (χ2v) is 7.19. The molecule has 0 spiro atoms. The summed E-state index contributed by atoms with van der Waals surface area (Å²) in [5.74, 6) is -0.120. The quantitative estimate of drug-likeness (QED) is 0.679. The van der Waals surface area contributed by atoms with Crippen LogP contribution in [0.1, 0.15) is 0 Å². The molecule has 1 atom stereocenters. The SMILES string of the molecule is COCC(=O)Nc1cc(NC(=O)N[C@@H]2C=CS(=O)(=O)C2)ccc1OC. The van der Waals surface area contributed by atoms with Crippen LogP contribution >= 0.6 is 0 Å². The fraction of sp³-hybridized carbons (Fsp3) is 0.333. The number of nitrogens with one attached hydrogen (secondary N) is 3. The molecule has 25 heavy (non-hydrogen) atoms. The molecule has 10 heteroatoms. The molecule has 3 amide bonds. The lowest BCUT2D eigenvalue weighted by Crippen LogP contribution is -2.38. The fourth-order valence-corrected chi connectivity index (χ4v) is 3.44. The van der Waals surface area contributed by atoms with Crippen molar-refractivity contribution in [3.8, 4) is 5.75 Å². The van der Waals surface area contributed by atoms with Gasteiger partial charge in [0.1, 0.15) is 12.4 Å². The fourth-order valence-electron chi connectivity index (χ4n) is 2.20. The Morgan fingerprint density at radius 3 is 2.60 bits per heavy atom. The van der Waals surface area contributed by atoms with Gasteiger partial charge in [-0.1, -0.05) is 0 Å². The van der Waals surface area contributed by atoms with Crippen molar-refractivity contribution in [2.24, 2.45) is 0 Å². The lowest BCUT2D eigenvalue weighted by Gasteiger charge is -2.14. The van der Waals surface area contributed by atoms with Gasteiger partial charge in [0, 0.05) is 18.2 Å². The molecule has 1 heterocycles. The molecule has 0 fully saturated rings. The monoisotopic (exact) mass is 369 g/mol. The predicted octanol–water partition coefficient (Wildman–Crippen LogP) is 0.712. The molecule has 3 N–H and O–H groups in total. The number of urea groups is 1. The standard InChI is InChI=1S/C15H19N3O6S/c1-23-8-14(19)18-12-7-10(3-4-13(12)24-2)16-15(20)17-11-5-6-25(21,22)9-11/h3-7,11H,8-9H2,1-2H3,(H,18,19)(H2,16,17,20)/t11-/m1/s1. The summed E-state index contributed by atoms with van der Waals surface area (Å²) in [4.78, 5) is 23.6. The first-order valence-electron chi connectivity index (χ1n) is 7.28. The summed E-state index contributed by atoms with van der Waals surface area (Å²) in [6.07, 6.45) is 1.42. The zero-order chi connectivity index (χ0) is 18.4. The Kier molecular flexibility index (Phi) is 5.99. The van der Waals surface area contributed by atoms with Crippen LogP contribution in [-0.4, -0.2) is 53.0 Å². The van der Waals surface area contributed by atoms with Crippen LogP contribution in [0.4, 0.5) is 16.2 Å². The molecule has 136 valence electrons. The maximum atomic E-state index is 12.0. The Morgan fingerprint density at radius 1 is 1.24 bits per heavy atom. The van der Waals surface area contributed by atoms with E-state index in [4.69, 9.17) is 9.47 Å². The normalized spacial score (nSPS) is 17.8. The number of sulfone groups is 1. The molecule has 2 rings (SSSR count). The summed E-state index contributed by atoms with van der Waals surface area (Å²) < 4.78 is 32.6. The van der Waals surface area contributed by atoms with Gasteiger partial charge in [0.05, 0.1) is 24.6 Å². The average Bonchev–Trinajstić information content (AvgIpc) is 2.86. The Labute approximate surface area is 145 Å². The van der Waals surface area contributed by atoms with Gasteiger partial charge < -0.3 is 25.4 Å². The van der Waals surface area contributed by atoms with Gasteiger partial charge in [-0.15, -0.1) is 0 Å². The minimum atomic E-state index is -3.25. The highest BCUT2D eigenvalue weighted by atomic mass is 32.2. The summed E-state index contributed by atoms with van der Waals surface area (Å²) in [6.45, 7) is -0.121. The highest BCUT2D eigenvalue weighted by molar-refractivity contribution is 7.94. The van der Waals surface area contributed by atoms with Gasteiger partial charge in [0.15, 0.2) is 9.84 Å². The van der Waals surface area contributed by atoms with Gasteiger partial charge in [-0.25, -0.2) is 13.2 Å². The summed E-state index contributed by atoms with van der Waals surface area (Å²) in [6, 6.07) is 3.55. The first-order chi connectivity index (χ1) is 11.8. The van der Waals surface area contributed by atoms with Gasteiger partial charge in [-0.2, -0.15) is 0 Å². The van der Waals surface area contributed by atoms with Crippen molar-refractivity contribution in [2.75, 3.05) is 37.2 Å². The molecule has 0 aromatic heterocycles. The molecule has 0 radical (unpaired) electrons. The third kappa shape index (κ3) is 5.47. The van der Waals surface area contributed by atoms with Crippen molar-refractivity contribution in [1.82, 2.24) is 5.32 Å². The van der Waals surface area contributed by atoms with Crippen molar-refractivity contribution < 1.29 is 27.5 Å². The second-order valence-electron chi connectivity index (χ2n) is 5.26. The van der Waals surface area contributed by atoms with E-state index >= 15 is 0 Å². The second kappa shape index (κ2) is 7.99. The Hall–Kier alpha value is -2.59. The molecule has 0 aliphatic carbocycles. The largest absolute Gasteiger partial charge is 0.495 e. The van der Waals surface area contributed by atoms with Crippen LogP contribution in [0.15, 0.2) is 29.7 Å². The Morgan fingerprint density at radius 2 is 2.00 bits per heavy atom. The minimum absolute atomic E-state index is 0.121. The summed E-state index contributed by atoms with van der Waals surface area (Å²) in [5.41, 5.74) is 0.765. The number of hydrogen-bond acceptors (Lipinski definition) is 6. The van der Waals surface area contributed by atoms with Crippen LogP contribution in [0.25, 0.3) is 0 Å². The molecule has 1 aromatic rings. The summed E-state index contributed by atoms with van der Waals surface area (Å²) in [7, 11) is -0.396. The van der Waals surface area contributed by atoms with Gasteiger partial charge >= 0.3 is 6.03 Å². The van der Waals surface area contributed by atoms with E-state index in [0.29, 0.717) is 17.1 Å².